The Morgan fingerprint density at radius 3 is 2.50 bits per heavy atom. The predicted octanol–water partition coefficient (Wildman–Crippen LogP) is 2.32. The van der Waals surface area contributed by atoms with Crippen LogP contribution in [-0.4, -0.2) is 17.3 Å². The second-order valence-electron chi connectivity index (χ2n) is 6.02. The highest BCUT2D eigenvalue weighted by molar-refractivity contribution is 5.73. The van der Waals surface area contributed by atoms with Gasteiger partial charge in [-0.1, -0.05) is 36.8 Å². The predicted molar refractivity (Wildman–Crippen MR) is 84.2 cm³/mol. The zero-order valence-corrected chi connectivity index (χ0v) is 12.7. The summed E-state index contributed by atoms with van der Waals surface area (Å²) in [5.41, 5.74) is 3.22. The van der Waals surface area contributed by atoms with E-state index in [9.17, 15) is 13.2 Å². The van der Waals surface area contributed by atoms with Gasteiger partial charge in [-0.15, -0.1) is 0 Å². The van der Waals surface area contributed by atoms with Crippen LogP contribution < -0.4 is 15.8 Å². The number of hydrogen-bond donors (Lipinski definition) is 2. The van der Waals surface area contributed by atoms with Crippen molar-refractivity contribution in [3.8, 4) is 0 Å². The normalized spacial score (nSPS) is 19.0. The number of allylic oxidation sites excluding steroid dienone is 3. The Balaban J connectivity index is 0.000000209. The highest BCUT2D eigenvalue weighted by atomic mass is 19.4. The van der Waals surface area contributed by atoms with E-state index in [-0.39, 0.29) is 0 Å². The minimum atomic E-state index is -5.08. The van der Waals surface area contributed by atoms with Crippen molar-refractivity contribution < 1.29 is 23.1 Å². The summed E-state index contributed by atoms with van der Waals surface area (Å²) in [4.78, 5) is 8.90. The van der Waals surface area contributed by atoms with Crippen LogP contribution in [0.2, 0.25) is 0 Å². The number of carbonyl (C=O) groups is 1. The van der Waals surface area contributed by atoms with Crippen molar-refractivity contribution in [1.82, 2.24) is 5.32 Å². The Morgan fingerprint density at radius 1 is 1.21 bits per heavy atom. The van der Waals surface area contributed by atoms with Crippen LogP contribution in [0.3, 0.4) is 0 Å². The van der Waals surface area contributed by atoms with Crippen LogP contribution in [0.1, 0.15) is 24.8 Å². The quantitative estimate of drug-likeness (QED) is 0.765. The van der Waals surface area contributed by atoms with Crippen molar-refractivity contribution in [3.63, 3.8) is 0 Å². The third-order valence-electron chi connectivity index (χ3n) is 4.59. The molecule has 3 nitrogen and oxygen atoms in total. The summed E-state index contributed by atoms with van der Waals surface area (Å²) >= 11 is 0. The minimum Gasteiger partial charge on any atom is -0.475 e. The molecule has 4 rings (SSSR count). The number of alkyl halides is 3. The first kappa shape index (κ1) is 16.4. The number of hydrogen-bond acceptors (Lipinski definition) is 2. The molecular weight excluding hydrogens is 319 g/mol. The fourth-order valence-electron chi connectivity index (χ4n) is 3.26. The lowest BCUT2D eigenvalue weighted by Gasteiger charge is -2.42. The van der Waals surface area contributed by atoms with Gasteiger partial charge in [0.1, 0.15) is 0 Å². The third-order valence-corrected chi connectivity index (χ3v) is 4.59. The molecule has 0 unspecified atom stereocenters. The first-order valence-electron chi connectivity index (χ1n) is 7.59. The number of fused-ring (bicyclic) bond motifs is 1. The molecule has 1 saturated carbocycles. The van der Waals surface area contributed by atoms with Crippen LogP contribution in [0.5, 0.6) is 0 Å². The molecule has 1 spiro atoms. The number of carboxylic acid groups (broad SMARTS) is 1. The fourth-order valence-corrected chi connectivity index (χ4v) is 3.26. The molecule has 1 aliphatic heterocycles. The summed E-state index contributed by atoms with van der Waals surface area (Å²) in [7, 11) is 0. The number of carboxylic acids is 1. The van der Waals surface area contributed by atoms with Crippen molar-refractivity contribution in [2.75, 3.05) is 0 Å². The molecule has 6 heteroatoms. The maximum Gasteiger partial charge on any atom is 0.490 e. The van der Waals surface area contributed by atoms with Crippen molar-refractivity contribution >= 4 is 17.7 Å². The molecular formula is C18H16F3NO2. The lowest BCUT2D eigenvalue weighted by Crippen LogP contribution is -2.44. The van der Waals surface area contributed by atoms with E-state index in [0.29, 0.717) is 5.41 Å². The van der Waals surface area contributed by atoms with Gasteiger partial charge in [-0.3, -0.25) is 0 Å². The van der Waals surface area contributed by atoms with Gasteiger partial charge in [0.15, 0.2) is 0 Å². The van der Waals surface area contributed by atoms with E-state index in [1.807, 2.05) is 6.20 Å². The number of rotatable bonds is 0. The molecule has 0 saturated heterocycles. The van der Waals surface area contributed by atoms with E-state index in [0.717, 1.165) is 0 Å². The summed E-state index contributed by atoms with van der Waals surface area (Å²) < 4.78 is 31.7. The first-order chi connectivity index (χ1) is 11.3. The van der Waals surface area contributed by atoms with Gasteiger partial charge in [0.2, 0.25) is 0 Å². The Kier molecular flexibility index (Phi) is 3.99. The van der Waals surface area contributed by atoms with Crippen molar-refractivity contribution in [1.29, 1.82) is 0 Å². The van der Waals surface area contributed by atoms with E-state index >= 15 is 0 Å². The van der Waals surface area contributed by atoms with Crippen LogP contribution >= 0.6 is 0 Å². The van der Waals surface area contributed by atoms with Gasteiger partial charge in [0.05, 0.1) is 0 Å². The highest BCUT2D eigenvalue weighted by Gasteiger charge is 2.39. The van der Waals surface area contributed by atoms with Gasteiger partial charge >= 0.3 is 12.1 Å². The highest BCUT2D eigenvalue weighted by Crippen LogP contribution is 2.45. The molecule has 2 aliphatic carbocycles. The Bertz CT molecular complexity index is 846. The summed E-state index contributed by atoms with van der Waals surface area (Å²) in [6.45, 7) is 0. The number of benzene rings is 1. The molecule has 1 aromatic carbocycles. The molecule has 2 N–H and O–H groups in total. The largest absolute Gasteiger partial charge is 0.490 e. The van der Waals surface area contributed by atoms with Gasteiger partial charge in [0, 0.05) is 17.8 Å². The lowest BCUT2D eigenvalue weighted by atomic mass is 9.62. The molecule has 3 aliphatic rings. The molecule has 24 heavy (non-hydrogen) atoms. The number of halogens is 3. The molecule has 0 aromatic heterocycles. The van der Waals surface area contributed by atoms with Crippen molar-refractivity contribution in [3.05, 3.63) is 58.6 Å². The van der Waals surface area contributed by atoms with E-state index in [4.69, 9.17) is 9.90 Å². The van der Waals surface area contributed by atoms with Crippen molar-refractivity contribution in [2.24, 2.45) is 0 Å². The van der Waals surface area contributed by atoms with E-state index < -0.39 is 12.1 Å². The number of aliphatic carboxylic acids is 1. The number of nitrogens with one attached hydrogen (secondary N) is 1. The monoisotopic (exact) mass is 335 g/mol. The van der Waals surface area contributed by atoms with Gasteiger partial charge in [-0.05, 0) is 40.5 Å². The zero-order chi connectivity index (χ0) is 17.4. The van der Waals surface area contributed by atoms with Gasteiger partial charge in [-0.2, -0.15) is 13.2 Å². The Morgan fingerprint density at radius 2 is 1.92 bits per heavy atom. The van der Waals surface area contributed by atoms with Crippen LogP contribution in [0.15, 0.2) is 42.6 Å². The standard InChI is InChI=1S/C16H15N.C2HF3O2/c1-3-13-11-17-10-6-12-5-9-16(7-2-8-16)14(4-1)15(12)13;3-2(4,5)1(6)7/h1,3-6,9-11,17H,2,7-8H2;(H,6,7). The fraction of sp³-hybridized carbons (Fsp3) is 0.278. The SMILES string of the molecule is C1=CC2=c3c(cccc3=CN1)C1(C=C2)CCC1.O=C(O)C(F)(F)F. The summed E-state index contributed by atoms with van der Waals surface area (Å²) in [5, 5.41) is 13.1. The maximum atomic E-state index is 10.6. The minimum absolute atomic E-state index is 0.348. The van der Waals surface area contributed by atoms with Gasteiger partial charge in [0.25, 0.3) is 0 Å². The molecule has 1 heterocycles. The summed E-state index contributed by atoms with van der Waals surface area (Å²) in [6, 6.07) is 6.70. The van der Waals surface area contributed by atoms with Crippen LogP contribution in [0.25, 0.3) is 11.8 Å². The smallest absolute Gasteiger partial charge is 0.475 e. The second kappa shape index (κ2) is 5.85. The molecule has 126 valence electrons. The maximum absolute atomic E-state index is 10.6. The molecule has 0 radical (unpaired) electrons. The second-order valence-corrected chi connectivity index (χ2v) is 6.02. The summed E-state index contributed by atoms with van der Waals surface area (Å²) in [6.07, 6.45) is 9.93. The van der Waals surface area contributed by atoms with Crippen LogP contribution in [0, 0.1) is 0 Å². The molecule has 0 bridgehead atoms. The summed E-state index contributed by atoms with van der Waals surface area (Å²) in [5.74, 6) is -2.76. The average molecular weight is 335 g/mol. The Hall–Kier alpha value is -2.50. The third kappa shape index (κ3) is 2.84. The van der Waals surface area contributed by atoms with E-state index in [1.54, 1.807) is 0 Å². The van der Waals surface area contributed by atoms with Gasteiger partial charge < -0.3 is 10.4 Å². The van der Waals surface area contributed by atoms with E-state index in [1.165, 1.54) is 40.8 Å². The average Bonchev–Trinajstić information content (AvgIpc) is 2.70. The van der Waals surface area contributed by atoms with Crippen LogP contribution in [0.4, 0.5) is 13.2 Å². The topological polar surface area (TPSA) is 49.3 Å². The molecule has 0 amide bonds. The van der Waals surface area contributed by atoms with Crippen molar-refractivity contribution in [2.45, 2.75) is 30.9 Å². The molecule has 1 aromatic rings. The lowest BCUT2D eigenvalue weighted by molar-refractivity contribution is -0.192. The Labute approximate surface area is 136 Å². The molecule has 0 atom stereocenters. The van der Waals surface area contributed by atoms with Gasteiger partial charge in [-0.25, -0.2) is 4.79 Å². The molecule has 1 fully saturated rings. The van der Waals surface area contributed by atoms with E-state index in [2.05, 4.69) is 47.9 Å². The zero-order valence-electron chi connectivity index (χ0n) is 12.7. The first-order valence-corrected chi connectivity index (χ1v) is 7.59. The van der Waals surface area contributed by atoms with Crippen LogP contribution in [-0.2, 0) is 10.2 Å².